The van der Waals surface area contributed by atoms with E-state index in [1.165, 1.54) is 11.3 Å². The van der Waals surface area contributed by atoms with E-state index in [1.807, 2.05) is 60.4 Å². The van der Waals surface area contributed by atoms with Gasteiger partial charge in [0.2, 0.25) is 0 Å². The molecule has 1 N–H and O–H groups in total. The summed E-state index contributed by atoms with van der Waals surface area (Å²) in [5, 5.41) is 5.51. The first kappa shape index (κ1) is 17.4. The van der Waals surface area contributed by atoms with E-state index in [9.17, 15) is 9.59 Å². The minimum atomic E-state index is -0.215. The Kier molecular flexibility index (Phi) is 4.73. The number of aromatic nitrogens is 1. The second-order valence-electron chi connectivity index (χ2n) is 6.48. The zero-order chi connectivity index (χ0) is 18.8. The number of amides is 2. The molecular formula is C21H19N3O2S. The van der Waals surface area contributed by atoms with Crippen LogP contribution in [-0.4, -0.2) is 23.3 Å². The number of thiazole rings is 1. The third-order valence-corrected chi connectivity index (χ3v) is 5.35. The number of nitrogens with one attached hydrogen (secondary N) is 1. The Morgan fingerprint density at radius 3 is 2.70 bits per heavy atom. The Balaban J connectivity index is 1.56. The van der Waals surface area contributed by atoms with E-state index in [2.05, 4.69) is 10.3 Å². The molecule has 0 saturated heterocycles. The predicted octanol–water partition coefficient (Wildman–Crippen LogP) is 4.30. The van der Waals surface area contributed by atoms with Crippen molar-refractivity contribution in [3.63, 3.8) is 0 Å². The van der Waals surface area contributed by atoms with Crippen LogP contribution in [0.1, 0.15) is 37.8 Å². The van der Waals surface area contributed by atoms with Gasteiger partial charge in [0.15, 0.2) is 0 Å². The Morgan fingerprint density at radius 2 is 1.96 bits per heavy atom. The number of hydrogen-bond acceptors (Lipinski definition) is 4. The fourth-order valence-corrected chi connectivity index (χ4v) is 3.88. The molecule has 5 nitrogen and oxygen atoms in total. The minimum Gasteiger partial charge on any atom is -0.321 e. The lowest BCUT2D eigenvalue weighted by atomic mass is 10.00. The Hall–Kier alpha value is -2.99. The van der Waals surface area contributed by atoms with Gasteiger partial charge in [0, 0.05) is 28.9 Å². The van der Waals surface area contributed by atoms with Crippen molar-refractivity contribution in [2.75, 3.05) is 16.8 Å². The lowest BCUT2D eigenvalue weighted by Crippen LogP contribution is -2.35. The van der Waals surface area contributed by atoms with Crippen molar-refractivity contribution < 1.29 is 9.59 Å². The highest BCUT2D eigenvalue weighted by atomic mass is 32.1. The van der Waals surface area contributed by atoms with Gasteiger partial charge in [-0.25, -0.2) is 4.98 Å². The predicted molar refractivity (Wildman–Crippen MR) is 108 cm³/mol. The van der Waals surface area contributed by atoms with Gasteiger partial charge >= 0.3 is 0 Å². The van der Waals surface area contributed by atoms with Crippen LogP contribution in [0.4, 0.5) is 11.4 Å². The van der Waals surface area contributed by atoms with Crippen LogP contribution in [0.2, 0.25) is 0 Å². The molecule has 4 rings (SSSR count). The molecule has 2 amide bonds. The van der Waals surface area contributed by atoms with Crippen LogP contribution < -0.4 is 10.2 Å². The molecule has 2 aromatic carbocycles. The molecule has 0 saturated carbocycles. The highest BCUT2D eigenvalue weighted by Crippen LogP contribution is 2.31. The molecule has 0 fully saturated rings. The van der Waals surface area contributed by atoms with Gasteiger partial charge in [-0.3, -0.25) is 9.59 Å². The van der Waals surface area contributed by atoms with Crippen LogP contribution in [-0.2, 0) is 6.42 Å². The van der Waals surface area contributed by atoms with Crippen LogP contribution in [0.5, 0.6) is 0 Å². The van der Waals surface area contributed by atoms with Crippen molar-refractivity contribution in [1.82, 2.24) is 4.98 Å². The lowest BCUT2D eigenvalue weighted by Gasteiger charge is -2.30. The van der Waals surface area contributed by atoms with Crippen molar-refractivity contribution in [3.8, 4) is 0 Å². The summed E-state index contributed by atoms with van der Waals surface area (Å²) < 4.78 is 0. The maximum Gasteiger partial charge on any atom is 0.275 e. The van der Waals surface area contributed by atoms with Gasteiger partial charge in [-0.1, -0.05) is 18.2 Å². The van der Waals surface area contributed by atoms with E-state index in [0.29, 0.717) is 17.8 Å². The molecule has 0 unspecified atom stereocenters. The molecule has 1 aliphatic rings. The molecule has 0 radical (unpaired) electrons. The highest BCUT2D eigenvalue weighted by Gasteiger charge is 2.24. The number of aryl methyl sites for hydroxylation is 2. The van der Waals surface area contributed by atoms with Crippen molar-refractivity contribution in [2.24, 2.45) is 0 Å². The topological polar surface area (TPSA) is 62.3 Å². The van der Waals surface area contributed by atoms with Crippen LogP contribution in [0.15, 0.2) is 53.9 Å². The number of carbonyl (C=O) groups is 2. The smallest absolute Gasteiger partial charge is 0.275 e. The number of fused-ring (bicyclic) bond motifs is 1. The SMILES string of the molecule is Cc1nc(C(=O)Nc2ccc3c(c2)CCCN3C(=O)c2ccccc2)cs1. The molecule has 6 heteroatoms. The second kappa shape index (κ2) is 7.32. The first-order chi connectivity index (χ1) is 13.1. The van der Waals surface area contributed by atoms with Crippen LogP contribution >= 0.6 is 11.3 Å². The third kappa shape index (κ3) is 3.61. The third-order valence-electron chi connectivity index (χ3n) is 4.57. The number of hydrogen-bond donors (Lipinski definition) is 1. The molecule has 0 bridgehead atoms. The highest BCUT2D eigenvalue weighted by molar-refractivity contribution is 7.09. The van der Waals surface area contributed by atoms with E-state index in [-0.39, 0.29) is 11.8 Å². The van der Waals surface area contributed by atoms with E-state index in [0.717, 1.165) is 34.8 Å². The zero-order valence-electron chi connectivity index (χ0n) is 14.9. The van der Waals surface area contributed by atoms with Crippen LogP contribution in [0.25, 0.3) is 0 Å². The summed E-state index contributed by atoms with van der Waals surface area (Å²) in [4.78, 5) is 31.2. The number of rotatable bonds is 3. The molecule has 0 aliphatic carbocycles. The molecule has 3 aromatic rings. The fourth-order valence-electron chi connectivity index (χ4n) is 3.29. The summed E-state index contributed by atoms with van der Waals surface area (Å²) in [6, 6.07) is 15.0. The van der Waals surface area contributed by atoms with Gasteiger partial charge in [0.25, 0.3) is 11.8 Å². The molecule has 0 atom stereocenters. The number of carbonyl (C=O) groups excluding carboxylic acids is 2. The summed E-state index contributed by atoms with van der Waals surface area (Å²) in [5.41, 5.74) is 3.81. The number of nitrogens with zero attached hydrogens (tertiary/aromatic N) is 2. The first-order valence-corrected chi connectivity index (χ1v) is 9.73. The molecule has 1 aliphatic heterocycles. The van der Waals surface area contributed by atoms with Crippen LogP contribution in [0.3, 0.4) is 0 Å². The van der Waals surface area contributed by atoms with Gasteiger partial charge in [-0.05, 0) is 55.7 Å². The summed E-state index contributed by atoms with van der Waals surface area (Å²) in [6.45, 7) is 2.57. The van der Waals surface area contributed by atoms with Crippen molar-refractivity contribution >= 4 is 34.5 Å². The van der Waals surface area contributed by atoms with E-state index >= 15 is 0 Å². The Bertz CT molecular complexity index is 998. The second-order valence-corrected chi connectivity index (χ2v) is 7.54. The van der Waals surface area contributed by atoms with Gasteiger partial charge in [0.05, 0.1) is 5.01 Å². The lowest BCUT2D eigenvalue weighted by molar-refractivity contribution is 0.0983. The largest absolute Gasteiger partial charge is 0.321 e. The molecule has 136 valence electrons. The van der Waals surface area contributed by atoms with Crippen LogP contribution in [0, 0.1) is 6.92 Å². The monoisotopic (exact) mass is 377 g/mol. The number of benzene rings is 2. The summed E-state index contributed by atoms with van der Waals surface area (Å²) >= 11 is 1.45. The molecule has 1 aromatic heterocycles. The summed E-state index contributed by atoms with van der Waals surface area (Å²) in [7, 11) is 0. The van der Waals surface area contributed by atoms with Gasteiger partial charge in [-0.15, -0.1) is 11.3 Å². The van der Waals surface area contributed by atoms with E-state index < -0.39 is 0 Å². The molecule has 0 spiro atoms. The van der Waals surface area contributed by atoms with Crippen molar-refractivity contribution in [3.05, 3.63) is 75.7 Å². The zero-order valence-corrected chi connectivity index (χ0v) is 15.8. The van der Waals surface area contributed by atoms with E-state index in [1.54, 1.807) is 5.38 Å². The van der Waals surface area contributed by atoms with Gasteiger partial charge in [0.1, 0.15) is 5.69 Å². The van der Waals surface area contributed by atoms with E-state index in [4.69, 9.17) is 0 Å². The summed E-state index contributed by atoms with van der Waals surface area (Å²) in [6.07, 6.45) is 1.78. The molecule has 27 heavy (non-hydrogen) atoms. The minimum absolute atomic E-state index is 0.00582. The maximum atomic E-state index is 12.9. The Morgan fingerprint density at radius 1 is 1.15 bits per heavy atom. The van der Waals surface area contributed by atoms with Gasteiger partial charge < -0.3 is 10.2 Å². The normalized spacial score (nSPS) is 13.1. The van der Waals surface area contributed by atoms with Gasteiger partial charge in [-0.2, -0.15) is 0 Å². The standard InChI is InChI=1S/C21H19N3O2S/c1-14-22-18(13-27-14)20(25)23-17-9-10-19-16(12-17)8-5-11-24(19)21(26)15-6-3-2-4-7-15/h2-4,6-7,9-10,12-13H,5,8,11H2,1H3,(H,23,25). The molecular weight excluding hydrogens is 358 g/mol. The fraction of sp³-hybridized carbons (Fsp3) is 0.190. The first-order valence-electron chi connectivity index (χ1n) is 8.85. The quantitative estimate of drug-likeness (QED) is 0.740. The van der Waals surface area contributed by atoms with Crippen molar-refractivity contribution in [2.45, 2.75) is 19.8 Å². The average molecular weight is 377 g/mol. The summed E-state index contributed by atoms with van der Waals surface area (Å²) in [5.74, 6) is -0.210. The maximum absolute atomic E-state index is 12.9. The Labute approximate surface area is 161 Å². The average Bonchev–Trinajstić information content (AvgIpc) is 3.14. The number of anilines is 2. The van der Waals surface area contributed by atoms with Crippen molar-refractivity contribution in [1.29, 1.82) is 0 Å². The molecule has 2 heterocycles.